The maximum absolute atomic E-state index is 9.00. The van der Waals surface area contributed by atoms with Gasteiger partial charge in [0.1, 0.15) is 0 Å². The number of halogens is 1. The minimum absolute atomic E-state index is 0.0798. The third kappa shape index (κ3) is 11.3. The molecule has 0 spiro atoms. The van der Waals surface area contributed by atoms with Crippen molar-refractivity contribution in [1.82, 2.24) is 4.90 Å². The molecule has 1 aliphatic heterocycles. The highest BCUT2D eigenvalue weighted by atomic mass is 35.5. The summed E-state index contributed by atoms with van der Waals surface area (Å²) in [6.45, 7) is 9.10. The van der Waals surface area contributed by atoms with Gasteiger partial charge in [-0.1, -0.05) is 98.3 Å². The third-order valence-electron chi connectivity index (χ3n) is 5.58. The molecule has 2 aromatic rings. The summed E-state index contributed by atoms with van der Waals surface area (Å²) in [6.07, 6.45) is 5.76. The minimum Gasteiger partial charge on any atom is -0.396 e. The van der Waals surface area contributed by atoms with Crippen molar-refractivity contribution in [2.45, 2.75) is 58.8 Å². The Bertz CT molecular complexity index is 757. The van der Waals surface area contributed by atoms with E-state index in [0.717, 1.165) is 30.1 Å². The smallest absolute Gasteiger partial charge is 0.0500 e. The lowest BCUT2D eigenvalue weighted by Crippen LogP contribution is -2.14. The molecule has 2 N–H and O–H groups in total. The molecule has 178 valence electrons. The van der Waals surface area contributed by atoms with E-state index in [1.54, 1.807) is 5.57 Å². The van der Waals surface area contributed by atoms with Gasteiger partial charge in [-0.25, -0.2) is 0 Å². The summed E-state index contributed by atoms with van der Waals surface area (Å²) in [4.78, 5) is 2.35. The highest BCUT2D eigenvalue weighted by Crippen LogP contribution is 2.21. The number of hydrogen-bond acceptors (Lipinski definition) is 3. The van der Waals surface area contributed by atoms with Crippen molar-refractivity contribution in [3.63, 3.8) is 0 Å². The van der Waals surface area contributed by atoms with Crippen molar-refractivity contribution in [3.05, 3.63) is 81.9 Å². The molecule has 3 nitrogen and oxygen atoms in total. The van der Waals surface area contributed by atoms with Crippen LogP contribution in [0, 0.1) is 0 Å². The molecule has 3 rings (SSSR count). The van der Waals surface area contributed by atoms with E-state index in [2.05, 4.69) is 44.9 Å². The average molecular weight is 460 g/mol. The Labute approximate surface area is 200 Å². The van der Waals surface area contributed by atoms with Crippen molar-refractivity contribution >= 4 is 11.6 Å². The Morgan fingerprint density at radius 1 is 0.938 bits per heavy atom. The molecule has 0 aliphatic carbocycles. The van der Waals surface area contributed by atoms with Crippen LogP contribution in [-0.4, -0.2) is 48.5 Å². The molecule has 0 saturated heterocycles. The van der Waals surface area contributed by atoms with Crippen LogP contribution >= 0.6 is 11.6 Å². The second-order valence-electron chi connectivity index (χ2n) is 8.52. The van der Waals surface area contributed by atoms with Crippen LogP contribution in [0.1, 0.15) is 63.5 Å². The zero-order valence-corrected chi connectivity index (χ0v) is 21.1. The first-order valence-electron chi connectivity index (χ1n) is 11.8. The van der Waals surface area contributed by atoms with Gasteiger partial charge in [0.2, 0.25) is 0 Å². The number of nitrogens with zero attached hydrogens (tertiary/aromatic N) is 1. The maximum Gasteiger partial charge on any atom is 0.0500 e. The molecular formula is C28H42ClNO2. The molecule has 1 unspecified atom stereocenters. The molecule has 0 saturated carbocycles. The van der Waals surface area contributed by atoms with E-state index >= 15 is 0 Å². The monoisotopic (exact) mass is 459 g/mol. The second kappa shape index (κ2) is 16.9. The standard InChI is InChI=1S/C13H16ClN.C10H14O2.C5H12/c1-10-8-15(2)9-12(10)7-11-3-5-13(14)6-4-11;11-7-6-10(8-12)9-4-2-1-3-5-9;1-3-5-4-2/h3-6H,7-9H2,1-2H3;1-5,10-12H,6-8H2;3-5H2,1-2H3. The van der Waals surface area contributed by atoms with Gasteiger partial charge in [-0.2, -0.15) is 0 Å². The summed E-state index contributed by atoms with van der Waals surface area (Å²) in [5, 5.41) is 18.5. The van der Waals surface area contributed by atoms with E-state index in [9.17, 15) is 0 Å². The first-order chi connectivity index (χ1) is 15.4. The second-order valence-corrected chi connectivity index (χ2v) is 8.95. The summed E-state index contributed by atoms with van der Waals surface area (Å²) in [7, 11) is 2.17. The SMILES string of the molecule is CC1=C(Cc2ccc(Cl)cc2)CN(C)C1.CCCCC.OCCC(CO)c1ccccc1. The quantitative estimate of drug-likeness (QED) is 0.443. The van der Waals surface area contributed by atoms with Crippen LogP contribution in [0.15, 0.2) is 65.7 Å². The van der Waals surface area contributed by atoms with Crippen LogP contribution in [0.4, 0.5) is 0 Å². The number of aliphatic hydroxyl groups is 2. The summed E-state index contributed by atoms with van der Waals surface area (Å²) in [5.74, 6) is 0.0798. The van der Waals surface area contributed by atoms with Gasteiger partial charge in [-0.15, -0.1) is 0 Å². The molecule has 2 aromatic carbocycles. The van der Waals surface area contributed by atoms with Gasteiger partial charge in [-0.3, -0.25) is 4.90 Å². The first kappa shape index (κ1) is 28.4. The van der Waals surface area contributed by atoms with Gasteiger partial charge in [0.15, 0.2) is 0 Å². The molecule has 0 bridgehead atoms. The zero-order valence-electron chi connectivity index (χ0n) is 20.4. The molecule has 4 heteroatoms. The Hall–Kier alpha value is -1.65. The molecule has 1 aliphatic rings. The van der Waals surface area contributed by atoms with Crippen molar-refractivity contribution in [2.75, 3.05) is 33.4 Å². The lowest BCUT2D eigenvalue weighted by Gasteiger charge is -2.12. The topological polar surface area (TPSA) is 43.7 Å². The number of aliphatic hydroxyl groups excluding tert-OH is 2. The van der Waals surface area contributed by atoms with Crippen LogP contribution in [0.25, 0.3) is 0 Å². The predicted octanol–water partition coefficient (Wildman–Crippen LogP) is 6.49. The highest BCUT2D eigenvalue weighted by Gasteiger charge is 2.15. The Morgan fingerprint density at radius 3 is 2.00 bits per heavy atom. The Balaban J connectivity index is 0.000000270. The van der Waals surface area contributed by atoms with Crippen LogP contribution in [-0.2, 0) is 6.42 Å². The van der Waals surface area contributed by atoms with E-state index < -0.39 is 0 Å². The van der Waals surface area contributed by atoms with Gasteiger partial charge in [0.25, 0.3) is 0 Å². The molecule has 1 heterocycles. The van der Waals surface area contributed by atoms with E-state index in [0.29, 0.717) is 6.42 Å². The van der Waals surface area contributed by atoms with Crippen LogP contribution < -0.4 is 0 Å². The van der Waals surface area contributed by atoms with Crippen molar-refractivity contribution in [3.8, 4) is 0 Å². The van der Waals surface area contributed by atoms with Gasteiger partial charge in [-0.05, 0) is 50.1 Å². The zero-order chi connectivity index (χ0) is 23.8. The van der Waals surface area contributed by atoms with Gasteiger partial charge in [0, 0.05) is 30.6 Å². The largest absolute Gasteiger partial charge is 0.396 e. The van der Waals surface area contributed by atoms with Crippen LogP contribution in [0.3, 0.4) is 0 Å². The molecule has 0 aromatic heterocycles. The van der Waals surface area contributed by atoms with Crippen molar-refractivity contribution in [2.24, 2.45) is 0 Å². The maximum atomic E-state index is 9.00. The fourth-order valence-electron chi connectivity index (χ4n) is 3.69. The van der Waals surface area contributed by atoms with E-state index in [4.69, 9.17) is 21.8 Å². The number of hydrogen-bond donors (Lipinski definition) is 2. The van der Waals surface area contributed by atoms with Crippen LogP contribution in [0.2, 0.25) is 5.02 Å². The predicted molar refractivity (Wildman–Crippen MR) is 139 cm³/mol. The summed E-state index contributed by atoms with van der Waals surface area (Å²) < 4.78 is 0. The highest BCUT2D eigenvalue weighted by molar-refractivity contribution is 6.30. The number of unbranched alkanes of at least 4 members (excludes halogenated alkanes) is 2. The van der Waals surface area contributed by atoms with E-state index in [1.165, 1.54) is 30.4 Å². The van der Waals surface area contributed by atoms with Gasteiger partial charge >= 0.3 is 0 Å². The normalized spacial score (nSPS) is 14.3. The number of rotatable bonds is 8. The third-order valence-corrected chi connectivity index (χ3v) is 5.83. The molecule has 0 fully saturated rings. The van der Waals surface area contributed by atoms with E-state index in [-0.39, 0.29) is 19.1 Å². The molecule has 1 atom stereocenters. The lowest BCUT2D eigenvalue weighted by molar-refractivity contribution is 0.220. The number of benzene rings is 2. The molecular weight excluding hydrogens is 418 g/mol. The fourth-order valence-corrected chi connectivity index (χ4v) is 3.81. The van der Waals surface area contributed by atoms with Crippen molar-refractivity contribution < 1.29 is 10.2 Å². The average Bonchev–Trinajstić information content (AvgIpc) is 3.12. The summed E-state index contributed by atoms with van der Waals surface area (Å²) >= 11 is 5.86. The first-order valence-corrected chi connectivity index (χ1v) is 12.2. The summed E-state index contributed by atoms with van der Waals surface area (Å²) in [5.41, 5.74) is 5.52. The Kier molecular flexibility index (Phi) is 15.0. The molecule has 0 amide bonds. The Morgan fingerprint density at radius 2 is 1.56 bits per heavy atom. The van der Waals surface area contributed by atoms with Gasteiger partial charge in [0.05, 0.1) is 6.61 Å². The fraction of sp³-hybridized carbons (Fsp3) is 0.500. The summed E-state index contributed by atoms with van der Waals surface area (Å²) in [6, 6.07) is 17.9. The van der Waals surface area contributed by atoms with E-state index in [1.807, 2.05) is 42.5 Å². The number of likely N-dealkylation sites (N-methyl/N-ethyl adjacent to an activating group) is 1. The molecule has 0 radical (unpaired) electrons. The lowest BCUT2D eigenvalue weighted by atomic mass is 9.97. The van der Waals surface area contributed by atoms with Gasteiger partial charge < -0.3 is 10.2 Å². The molecule has 32 heavy (non-hydrogen) atoms. The van der Waals surface area contributed by atoms with Crippen LogP contribution in [0.5, 0.6) is 0 Å². The van der Waals surface area contributed by atoms with Crippen molar-refractivity contribution in [1.29, 1.82) is 0 Å². The minimum atomic E-state index is 0.0798.